The second kappa shape index (κ2) is 6.16. The van der Waals surface area contributed by atoms with Gasteiger partial charge in [0.25, 0.3) is 0 Å². The first-order chi connectivity index (χ1) is 11.0. The number of ketones is 1. The zero-order valence-electron chi connectivity index (χ0n) is 13.7. The van der Waals surface area contributed by atoms with Crippen LogP contribution in [-0.2, 0) is 0 Å². The summed E-state index contributed by atoms with van der Waals surface area (Å²) in [5.41, 5.74) is 4.96. The number of hydrogen-bond acceptors (Lipinski definition) is 4. The second-order valence-corrected chi connectivity index (χ2v) is 7.10. The lowest BCUT2D eigenvalue weighted by atomic mass is 9.97. The van der Waals surface area contributed by atoms with Gasteiger partial charge in [-0.25, -0.2) is 0 Å². The molecule has 2 heterocycles. The van der Waals surface area contributed by atoms with Crippen molar-refractivity contribution in [2.45, 2.75) is 38.1 Å². The number of fused-ring (bicyclic) bond motifs is 1. The van der Waals surface area contributed by atoms with Gasteiger partial charge in [-0.2, -0.15) is 0 Å². The number of nitrogens with zero attached hydrogens (tertiary/aromatic N) is 3. The van der Waals surface area contributed by atoms with Crippen molar-refractivity contribution in [1.82, 2.24) is 14.6 Å². The quantitative estimate of drug-likeness (QED) is 0.537. The van der Waals surface area contributed by atoms with E-state index in [9.17, 15) is 4.79 Å². The van der Waals surface area contributed by atoms with E-state index in [1.807, 2.05) is 55.6 Å². The zero-order chi connectivity index (χ0) is 16.6. The molecule has 0 N–H and O–H groups in total. The molecule has 1 atom stereocenters. The number of aryl methyl sites for hydroxylation is 3. The Morgan fingerprint density at radius 3 is 2.61 bits per heavy atom. The molecule has 1 aromatic carbocycles. The van der Waals surface area contributed by atoms with Crippen molar-refractivity contribution < 1.29 is 4.79 Å². The van der Waals surface area contributed by atoms with Crippen LogP contribution in [0.1, 0.15) is 34.0 Å². The van der Waals surface area contributed by atoms with Gasteiger partial charge in [-0.05, 0) is 62.6 Å². The van der Waals surface area contributed by atoms with Gasteiger partial charge in [0.15, 0.2) is 16.6 Å². The summed E-state index contributed by atoms with van der Waals surface area (Å²) in [6.07, 6.45) is 1.91. The average molecular weight is 325 g/mol. The van der Waals surface area contributed by atoms with Crippen LogP contribution in [-0.4, -0.2) is 25.6 Å². The van der Waals surface area contributed by atoms with Crippen molar-refractivity contribution in [3.63, 3.8) is 0 Å². The molecule has 118 valence electrons. The Labute approximate surface area is 139 Å². The van der Waals surface area contributed by atoms with E-state index < -0.39 is 0 Å². The molecule has 3 rings (SSSR count). The van der Waals surface area contributed by atoms with Gasteiger partial charge in [0, 0.05) is 11.8 Å². The third-order valence-corrected chi connectivity index (χ3v) is 5.10. The first-order valence-electron chi connectivity index (χ1n) is 7.56. The maximum Gasteiger partial charge on any atom is 0.196 e. The Balaban J connectivity index is 1.87. The highest BCUT2D eigenvalue weighted by Gasteiger charge is 2.21. The average Bonchev–Trinajstić information content (AvgIpc) is 2.93. The normalized spacial score (nSPS) is 12.5. The predicted molar refractivity (Wildman–Crippen MR) is 93.3 cm³/mol. The second-order valence-electron chi connectivity index (χ2n) is 5.79. The van der Waals surface area contributed by atoms with E-state index >= 15 is 0 Å². The summed E-state index contributed by atoms with van der Waals surface area (Å²) in [5.74, 6) is 0.128. The topological polar surface area (TPSA) is 47.3 Å². The number of thioether (sulfide) groups is 1. The van der Waals surface area contributed by atoms with E-state index in [-0.39, 0.29) is 11.0 Å². The van der Waals surface area contributed by atoms with Gasteiger partial charge < -0.3 is 0 Å². The number of Topliss-reactive ketones (excluding diaryl/α,β-unsaturated/α-hetero) is 1. The molecule has 0 amide bonds. The Morgan fingerprint density at radius 1 is 1.09 bits per heavy atom. The van der Waals surface area contributed by atoms with Crippen LogP contribution in [0, 0.1) is 20.8 Å². The third-order valence-electron chi connectivity index (χ3n) is 4.04. The maximum absolute atomic E-state index is 12.8. The summed E-state index contributed by atoms with van der Waals surface area (Å²) in [4.78, 5) is 12.8. The molecule has 23 heavy (non-hydrogen) atoms. The van der Waals surface area contributed by atoms with Crippen molar-refractivity contribution in [2.75, 3.05) is 0 Å². The molecule has 2 aromatic heterocycles. The highest BCUT2D eigenvalue weighted by Crippen LogP contribution is 2.26. The third kappa shape index (κ3) is 3.01. The largest absolute Gasteiger partial charge is 0.293 e. The van der Waals surface area contributed by atoms with Crippen LogP contribution in [0.15, 0.2) is 41.7 Å². The summed E-state index contributed by atoms with van der Waals surface area (Å²) in [6.45, 7) is 8.02. The van der Waals surface area contributed by atoms with E-state index in [0.29, 0.717) is 0 Å². The van der Waals surface area contributed by atoms with Gasteiger partial charge >= 0.3 is 0 Å². The minimum Gasteiger partial charge on any atom is -0.293 e. The van der Waals surface area contributed by atoms with Crippen LogP contribution in [0.5, 0.6) is 0 Å². The van der Waals surface area contributed by atoms with Crippen molar-refractivity contribution in [2.24, 2.45) is 0 Å². The first-order valence-corrected chi connectivity index (χ1v) is 8.44. The summed E-state index contributed by atoms with van der Waals surface area (Å²) < 4.78 is 1.90. The molecule has 0 aliphatic rings. The van der Waals surface area contributed by atoms with E-state index in [2.05, 4.69) is 23.2 Å². The number of hydrogen-bond donors (Lipinski definition) is 0. The van der Waals surface area contributed by atoms with Crippen LogP contribution in [0.3, 0.4) is 0 Å². The monoisotopic (exact) mass is 325 g/mol. The first kappa shape index (κ1) is 15.7. The fourth-order valence-electron chi connectivity index (χ4n) is 2.56. The van der Waals surface area contributed by atoms with Crippen LogP contribution in [0.25, 0.3) is 5.65 Å². The van der Waals surface area contributed by atoms with Crippen LogP contribution >= 0.6 is 11.8 Å². The molecule has 0 unspecified atom stereocenters. The van der Waals surface area contributed by atoms with E-state index in [0.717, 1.165) is 27.5 Å². The fourth-order valence-corrected chi connectivity index (χ4v) is 3.46. The maximum atomic E-state index is 12.8. The molecular weight excluding hydrogens is 306 g/mol. The highest BCUT2D eigenvalue weighted by molar-refractivity contribution is 8.00. The fraction of sp³-hybridized carbons (Fsp3) is 0.278. The SMILES string of the molecule is Cc1cc(C)c(C(=O)[C@H](C)Sc2nnc3ccccn23)cc1C. The van der Waals surface area contributed by atoms with Crippen LogP contribution in [0.2, 0.25) is 0 Å². The Hall–Kier alpha value is -2.14. The number of carbonyl (C=O) groups is 1. The summed E-state index contributed by atoms with van der Waals surface area (Å²) >= 11 is 1.44. The van der Waals surface area contributed by atoms with E-state index in [1.165, 1.54) is 17.3 Å². The molecule has 0 spiro atoms. The van der Waals surface area contributed by atoms with Crippen molar-refractivity contribution in [3.8, 4) is 0 Å². The highest BCUT2D eigenvalue weighted by atomic mass is 32.2. The van der Waals surface area contributed by atoms with Gasteiger partial charge in [0.05, 0.1) is 5.25 Å². The minimum absolute atomic E-state index is 0.128. The molecule has 4 nitrogen and oxygen atoms in total. The number of rotatable bonds is 4. The van der Waals surface area contributed by atoms with Crippen molar-refractivity contribution >= 4 is 23.2 Å². The summed E-state index contributed by atoms with van der Waals surface area (Å²) in [6, 6.07) is 9.82. The van der Waals surface area contributed by atoms with Gasteiger partial charge in [-0.1, -0.05) is 23.9 Å². The van der Waals surface area contributed by atoms with Crippen LogP contribution < -0.4 is 0 Å². The molecule has 0 bridgehead atoms. The molecule has 3 aromatic rings. The van der Waals surface area contributed by atoms with Crippen molar-refractivity contribution in [3.05, 3.63) is 58.8 Å². The van der Waals surface area contributed by atoms with E-state index in [4.69, 9.17) is 0 Å². The molecule has 0 aliphatic carbocycles. The summed E-state index contributed by atoms with van der Waals surface area (Å²) in [7, 11) is 0. The predicted octanol–water partition coefficient (Wildman–Crippen LogP) is 4.02. The number of pyridine rings is 1. The van der Waals surface area contributed by atoms with Gasteiger partial charge in [-0.3, -0.25) is 9.20 Å². The number of carbonyl (C=O) groups excluding carboxylic acids is 1. The number of aromatic nitrogens is 3. The molecule has 0 fully saturated rings. The lowest BCUT2D eigenvalue weighted by Gasteiger charge is -2.13. The zero-order valence-corrected chi connectivity index (χ0v) is 14.5. The molecule has 5 heteroatoms. The molecule has 0 aliphatic heterocycles. The summed E-state index contributed by atoms with van der Waals surface area (Å²) in [5, 5.41) is 8.84. The van der Waals surface area contributed by atoms with Crippen molar-refractivity contribution in [1.29, 1.82) is 0 Å². The van der Waals surface area contributed by atoms with Gasteiger partial charge in [-0.15, -0.1) is 10.2 Å². The Bertz CT molecular complexity index is 885. The van der Waals surface area contributed by atoms with Crippen LogP contribution in [0.4, 0.5) is 0 Å². The molecular formula is C18H19N3OS. The lowest BCUT2D eigenvalue weighted by molar-refractivity contribution is 0.0993. The smallest absolute Gasteiger partial charge is 0.196 e. The Morgan fingerprint density at radius 2 is 1.83 bits per heavy atom. The minimum atomic E-state index is -0.219. The van der Waals surface area contributed by atoms with E-state index in [1.54, 1.807) is 0 Å². The molecule has 0 saturated carbocycles. The Kier molecular flexibility index (Phi) is 4.22. The van der Waals surface area contributed by atoms with Gasteiger partial charge in [0.2, 0.25) is 0 Å². The molecule has 0 radical (unpaired) electrons. The molecule has 0 saturated heterocycles. The standard InChI is InChI=1S/C18H19N3OS/c1-11-9-13(3)15(10-12(11)2)17(22)14(4)23-18-20-19-16-7-5-6-8-21(16)18/h5-10,14H,1-4H3/t14-/m0/s1. The number of benzene rings is 1. The lowest BCUT2D eigenvalue weighted by Crippen LogP contribution is -2.16. The van der Waals surface area contributed by atoms with Gasteiger partial charge in [0.1, 0.15) is 0 Å².